The molecule has 0 aliphatic rings. The molecular weight excluding hydrogens is 254 g/mol. The lowest BCUT2D eigenvalue weighted by molar-refractivity contribution is -0.107. The average Bonchev–Trinajstić information content (AvgIpc) is 2.18. The Balaban J connectivity index is 2.67. The number of halogens is 1. The van der Waals surface area contributed by atoms with Crippen LogP contribution in [0, 0.1) is 0 Å². The summed E-state index contributed by atoms with van der Waals surface area (Å²) in [7, 11) is 0. The maximum atomic E-state index is 10.2. The number of nitrogens with one attached hydrogen (secondary N) is 1. The number of rotatable bonds is 5. The Labute approximate surface area is 99.2 Å². The van der Waals surface area contributed by atoms with Gasteiger partial charge in [0.25, 0.3) is 0 Å². The number of benzene rings is 1. The molecule has 2 nitrogen and oxygen atoms in total. The molecule has 1 aromatic rings. The Bertz CT molecular complexity index is 319. The smallest absolute Gasteiger partial charge is 0.133 e. The van der Waals surface area contributed by atoms with Crippen LogP contribution in [0.25, 0.3) is 0 Å². The highest BCUT2D eigenvalue weighted by Crippen LogP contribution is 2.23. The molecule has 0 fully saturated rings. The lowest BCUT2D eigenvalue weighted by Gasteiger charge is -2.25. The zero-order valence-corrected chi connectivity index (χ0v) is 10.7. The molecule has 0 radical (unpaired) electrons. The SMILES string of the molecule is CC(C)(CNCC=O)c1ccc(Br)cc1. The van der Waals surface area contributed by atoms with Crippen LogP contribution in [0.2, 0.25) is 0 Å². The van der Waals surface area contributed by atoms with Crippen molar-refractivity contribution in [1.82, 2.24) is 5.32 Å². The second-order valence-corrected chi connectivity index (χ2v) is 5.10. The Hall–Kier alpha value is -0.670. The molecule has 0 aliphatic heterocycles. The van der Waals surface area contributed by atoms with Gasteiger partial charge >= 0.3 is 0 Å². The summed E-state index contributed by atoms with van der Waals surface area (Å²) in [6, 6.07) is 8.28. The molecule has 0 spiro atoms. The van der Waals surface area contributed by atoms with Crippen LogP contribution in [0.4, 0.5) is 0 Å². The molecule has 0 aliphatic carbocycles. The second-order valence-electron chi connectivity index (χ2n) is 4.19. The summed E-state index contributed by atoms with van der Waals surface area (Å²) >= 11 is 3.41. The molecule has 0 aromatic heterocycles. The highest BCUT2D eigenvalue weighted by molar-refractivity contribution is 9.10. The van der Waals surface area contributed by atoms with Gasteiger partial charge in [-0.05, 0) is 17.7 Å². The van der Waals surface area contributed by atoms with Gasteiger partial charge < -0.3 is 10.1 Å². The summed E-state index contributed by atoms with van der Waals surface area (Å²) < 4.78 is 1.09. The monoisotopic (exact) mass is 269 g/mol. The molecule has 1 rings (SSSR count). The van der Waals surface area contributed by atoms with Gasteiger partial charge in [-0.3, -0.25) is 0 Å². The van der Waals surface area contributed by atoms with Crippen LogP contribution >= 0.6 is 15.9 Å². The van der Waals surface area contributed by atoms with Gasteiger partial charge in [-0.1, -0.05) is 41.9 Å². The van der Waals surface area contributed by atoms with Crippen LogP contribution in [0.3, 0.4) is 0 Å². The predicted molar refractivity (Wildman–Crippen MR) is 66.1 cm³/mol. The minimum Gasteiger partial charge on any atom is -0.309 e. The van der Waals surface area contributed by atoms with Gasteiger partial charge in [0.15, 0.2) is 0 Å². The highest BCUT2D eigenvalue weighted by atomic mass is 79.9. The second kappa shape index (κ2) is 5.42. The first-order valence-electron chi connectivity index (χ1n) is 4.96. The number of aldehydes is 1. The standard InChI is InChI=1S/C12H16BrNO/c1-12(2,9-14-7-8-15)10-3-5-11(13)6-4-10/h3-6,8,14H,7,9H2,1-2H3. The van der Waals surface area contributed by atoms with Gasteiger partial charge in [-0.2, -0.15) is 0 Å². The van der Waals surface area contributed by atoms with Crippen molar-refractivity contribution in [2.24, 2.45) is 0 Å². The third kappa shape index (κ3) is 3.76. The third-order valence-electron chi connectivity index (χ3n) is 2.42. The first-order valence-corrected chi connectivity index (χ1v) is 5.76. The van der Waals surface area contributed by atoms with E-state index in [1.807, 2.05) is 12.1 Å². The van der Waals surface area contributed by atoms with E-state index in [1.165, 1.54) is 5.56 Å². The number of hydrogen-bond acceptors (Lipinski definition) is 2. The molecule has 1 N–H and O–H groups in total. The number of hydrogen-bond donors (Lipinski definition) is 1. The third-order valence-corrected chi connectivity index (χ3v) is 2.95. The zero-order chi connectivity index (χ0) is 11.3. The molecule has 0 heterocycles. The van der Waals surface area contributed by atoms with Crippen molar-refractivity contribution in [2.45, 2.75) is 19.3 Å². The van der Waals surface area contributed by atoms with Crippen molar-refractivity contribution in [3.63, 3.8) is 0 Å². The van der Waals surface area contributed by atoms with Crippen LogP contribution in [0.1, 0.15) is 19.4 Å². The van der Waals surface area contributed by atoms with Crippen molar-refractivity contribution in [3.8, 4) is 0 Å². The van der Waals surface area contributed by atoms with Crippen molar-refractivity contribution in [3.05, 3.63) is 34.3 Å². The molecule has 0 amide bonds. The van der Waals surface area contributed by atoms with E-state index in [2.05, 4.69) is 47.2 Å². The van der Waals surface area contributed by atoms with Gasteiger partial charge in [-0.15, -0.1) is 0 Å². The van der Waals surface area contributed by atoms with Gasteiger partial charge in [0, 0.05) is 16.4 Å². The molecule has 0 unspecified atom stereocenters. The predicted octanol–water partition coefficient (Wildman–Crippen LogP) is 2.52. The minimum absolute atomic E-state index is 0.0453. The van der Waals surface area contributed by atoms with Gasteiger partial charge in [-0.25, -0.2) is 0 Å². The molecule has 0 saturated heterocycles. The Kier molecular flexibility index (Phi) is 4.48. The van der Waals surface area contributed by atoms with Crippen molar-refractivity contribution in [1.29, 1.82) is 0 Å². The van der Waals surface area contributed by atoms with Gasteiger partial charge in [0.1, 0.15) is 6.29 Å². The van der Waals surface area contributed by atoms with E-state index in [1.54, 1.807) is 0 Å². The summed E-state index contributed by atoms with van der Waals surface area (Å²) in [6.07, 6.45) is 0.887. The first-order chi connectivity index (χ1) is 7.06. The van der Waals surface area contributed by atoms with Crippen molar-refractivity contribution in [2.75, 3.05) is 13.1 Å². The average molecular weight is 270 g/mol. The van der Waals surface area contributed by atoms with E-state index < -0.39 is 0 Å². The van der Waals surface area contributed by atoms with Crippen molar-refractivity contribution < 1.29 is 4.79 Å². The molecular formula is C12H16BrNO. The molecule has 1 aromatic carbocycles. The summed E-state index contributed by atoms with van der Waals surface area (Å²) in [5.41, 5.74) is 1.31. The normalized spacial score (nSPS) is 11.4. The van der Waals surface area contributed by atoms with Crippen LogP contribution in [0.5, 0.6) is 0 Å². The van der Waals surface area contributed by atoms with E-state index in [4.69, 9.17) is 0 Å². The Morgan fingerprint density at radius 1 is 1.33 bits per heavy atom. The Morgan fingerprint density at radius 2 is 1.93 bits per heavy atom. The fraction of sp³-hybridized carbons (Fsp3) is 0.417. The number of carbonyl (C=O) groups is 1. The van der Waals surface area contributed by atoms with Crippen molar-refractivity contribution >= 4 is 22.2 Å². The highest BCUT2D eigenvalue weighted by Gasteiger charge is 2.19. The molecule has 0 saturated carbocycles. The first kappa shape index (κ1) is 12.4. The minimum atomic E-state index is 0.0453. The van der Waals surface area contributed by atoms with Gasteiger partial charge in [0.05, 0.1) is 6.54 Å². The van der Waals surface area contributed by atoms with Gasteiger partial charge in [0.2, 0.25) is 0 Å². The van der Waals surface area contributed by atoms with Crippen LogP contribution < -0.4 is 5.32 Å². The maximum absolute atomic E-state index is 10.2. The maximum Gasteiger partial charge on any atom is 0.133 e. The van der Waals surface area contributed by atoms with E-state index in [0.29, 0.717) is 6.54 Å². The lowest BCUT2D eigenvalue weighted by atomic mass is 9.85. The fourth-order valence-corrected chi connectivity index (χ4v) is 1.71. The molecule has 82 valence electrons. The summed E-state index contributed by atoms with van der Waals surface area (Å²) in [5, 5.41) is 3.11. The molecule has 0 bridgehead atoms. The fourth-order valence-electron chi connectivity index (χ4n) is 1.45. The zero-order valence-electron chi connectivity index (χ0n) is 9.09. The summed E-state index contributed by atoms with van der Waals surface area (Å²) in [6.45, 7) is 5.54. The summed E-state index contributed by atoms with van der Waals surface area (Å²) in [4.78, 5) is 10.2. The van der Waals surface area contributed by atoms with Crippen LogP contribution in [-0.4, -0.2) is 19.4 Å². The van der Waals surface area contributed by atoms with Crippen LogP contribution in [0.15, 0.2) is 28.7 Å². The van der Waals surface area contributed by atoms with E-state index in [0.717, 1.165) is 17.3 Å². The molecule has 15 heavy (non-hydrogen) atoms. The van der Waals surface area contributed by atoms with Crippen LogP contribution in [-0.2, 0) is 10.2 Å². The molecule has 3 heteroatoms. The van der Waals surface area contributed by atoms with E-state index in [-0.39, 0.29) is 5.41 Å². The summed E-state index contributed by atoms with van der Waals surface area (Å²) in [5.74, 6) is 0. The number of carbonyl (C=O) groups excluding carboxylic acids is 1. The van der Waals surface area contributed by atoms with E-state index in [9.17, 15) is 4.79 Å². The topological polar surface area (TPSA) is 29.1 Å². The largest absolute Gasteiger partial charge is 0.309 e. The Morgan fingerprint density at radius 3 is 2.47 bits per heavy atom. The quantitative estimate of drug-likeness (QED) is 0.658. The molecule has 0 atom stereocenters. The lowest BCUT2D eigenvalue weighted by Crippen LogP contribution is -2.33. The van der Waals surface area contributed by atoms with E-state index >= 15 is 0 Å².